The Hall–Kier alpha value is -2.90. The molecule has 3 aromatic rings. The number of carbonyl (C=O) groups excluding carboxylic acids is 3. The molecule has 178 valence electrons. The number of rotatable bonds is 4. The predicted molar refractivity (Wildman–Crippen MR) is 134 cm³/mol. The van der Waals surface area contributed by atoms with Crippen molar-refractivity contribution in [2.24, 2.45) is 11.8 Å². The second kappa shape index (κ2) is 8.95. The molecule has 2 aliphatic heterocycles. The van der Waals surface area contributed by atoms with Crippen LogP contribution in [0, 0.1) is 11.8 Å². The van der Waals surface area contributed by atoms with Gasteiger partial charge in [-0.15, -0.1) is 0 Å². The molecule has 3 aromatic carbocycles. The topological polar surface area (TPSA) is 75.7 Å². The lowest BCUT2D eigenvalue weighted by Crippen LogP contribution is -2.52. The number of benzene rings is 3. The van der Waals surface area contributed by atoms with Crippen molar-refractivity contribution in [2.45, 2.75) is 11.6 Å². The number of nitrogens with zero attached hydrogens (tertiary/aromatic N) is 1. The molecule has 1 N–H and O–H groups in total. The van der Waals surface area contributed by atoms with E-state index in [1.54, 1.807) is 72.8 Å². The standard InChI is InChI=1S/C26H19Cl3N2O4/c1-35-25(34)22-20-21(24(33)31(23(20)32)19-10-8-16(27)9-11-19)26(30-22,14-4-2-6-17(28)12-14)15-5-3-7-18(29)13-15/h2-13,20-22,30H,1H3/t20-,21-,22+/m0/s1. The first kappa shape index (κ1) is 23.8. The van der Waals surface area contributed by atoms with Gasteiger partial charge in [-0.05, 0) is 59.7 Å². The van der Waals surface area contributed by atoms with Gasteiger partial charge in [-0.3, -0.25) is 19.7 Å². The molecule has 6 nitrogen and oxygen atoms in total. The van der Waals surface area contributed by atoms with Gasteiger partial charge in [0.15, 0.2) is 0 Å². The minimum absolute atomic E-state index is 0.369. The first-order chi connectivity index (χ1) is 16.8. The Kier molecular flexibility index (Phi) is 6.09. The van der Waals surface area contributed by atoms with Crippen LogP contribution in [0.25, 0.3) is 0 Å². The quantitative estimate of drug-likeness (QED) is 0.387. The van der Waals surface area contributed by atoms with Crippen LogP contribution < -0.4 is 10.2 Å². The SMILES string of the molecule is COC(=O)[C@@H]1NC(c2cccc(Cl)c2)(c2cccc(Cl)c2)[C@@H]2C(=O)N(c3ccc(Cl)cc3)C(=O)[C@@H]21. The van der Waals surface area contributed by atoms with Gasteiger partial charge >= 0.3 is 5.97 Å². The summed E-state index contributed by atoms with van der Waals surface area (Å²) >= 11 is 18.7. The molecule has 0 bridgehead atoms. The van der Waals surface area contributed by atoms with E-state index < -0.39 is 41.2 Å². The number of nitrogens with one attached hydrogen (secondary N) is 1. The van der Waals surface area contributed by atoms with Gasteiger partial charge in [-0.25, -0.2) is 4.90 Å². The average molecular weight is 530 g/mol. The Morgan fingerprint density at radius 3 is 1.94 bits per heavy atom. The van der Waals surface area contributed by atoms with Gasteiger partial charge in [0.2, 0.25) is 11.8 Å². The number of methoxy groups -OCH3 is 1. The number of anilines is 1. The molecule has 9 heteroatoms. The van der Waals surface area contributed by atoms with E-state index in [9.17, 15) is 14.4 Å². The maximum atomic E-state index is 14.1. The number of fused-ring (bicyclic) bond motifs is 1. The fourth-order valence-electron chi connectivity index (χ4n) is 5.24. The van der Waals surface area contributed by atoms with Crippen LogP contribution in [-0.4, -0.2) is 30.9 Å². The monoisotopic (exact) mass is 528 g/mol. The number of hydrogen-bond acceptors (Lipinski definition) is 5. The molecule has 0 spiro atoms. The highest BCUT2D eigenvalue weighted by Gasteiger charge is 2.68. The summed E-state index contributed by atoms with van der Waals surface area (Å²) in [6.45, 7) is 0. The molecule has 35 heavy (non-hydrogen) atoms. The largest absolute Gasteiger partial charge is 0.468 e. The van der Waals surface area contributed by atoms with Crippen molar-refractivity contribution in [1.29, 1.82) is 0 Å². The zero-order valence-electron chi connectivity index (χ0n) is 18.4. The zero-order chi connectivity index (χ0) is 24.9. The van der Waals surface area contributed by atoms with E-state index >= 15 is 0 Å². The third-order valence-electron chi connectivity index (χ3n) is 6.66. The minimum atomic E-state index is -1.28. The van der Waals surface area contributed by atoms with Crippen LogP contribution in [0.2, 0.25) is 15.1 Å². The Labute approximate surface area is 216 Å². The number of esters is 1. The lowest BCUT2D eigenvalue weighted by atomic mass is 9.71. The van der Waals surface area contributed by atoms with Crippen molar-refractivity contribution in [3.63, 3.8) is 0 Å². The van der Waals surface area contributed by atoms with Crippen molar-refractivity contribution in [1.82, 2.24) is 5.32 Å². The lowest BCUT2D eigenvalue weighted by Gasteiger charge is -2.36. The first-order valence-electron chi connectivity index (χ1n) is 10.8. The molecule has 2 fully saturated rings. The highest BCUT2D eigenvalue weighted by Crippen LogP contribution is 2.53. The maximum Gasteiger partial charge on any atom is 0.323 e. The second-order valence-electron chi connectivity index (χ2n) is 8.47. The fraction of sp³-hybridized carbons (Fsp3) is 0.192. The molecule has 0 aliphatic carbocycles. The molecule has 2 heterocycles. The lowest BCUT2D eigenvalue weighted by molar-refractivity contribution is -0.145. The van der Waals surface area contributed by atoms with Gasteiger partial charge in [-0.2, -0.15) is 0 Å². The average Bonchev–Trinajstić information content (AvgIpc) is 3.34. The van der Waals surface area contributed by atoms with E-state index in [-0.39, 0.29) is 0 Å². The van der Waals surface area contributed by atoms with Gasteiger partial charge in [-0.1, -0.05) is 59.1 Å². The van der Waals surface area contributed by atoms with Gasteiger partial charge in [0.25, 0.3) is 0 Å². The number of amides is 2. The molecule has 0 radical (unpaired) electrons. The van der Waals surface area contributed by atoms with E-state index in [1.165, 1.54) is 7.11 Å². The van der Waals surface area contributed by atoms with E-state index in [4.69, 9.17) is 39.5 Å². The molecule has 3 atom stereocenters. The molecule has 0 aromatic heterocycles. The van der Waals surface area contributed by atoms with Crippen molar-refractivity contribution in [3.8, 4) is 0 Å². The molecule has 0 unspecified atom stereocenters. The number of hydrogen-bond donors (Lipinski definition) is 1. The Morgan fingerprint density at radius 2 is 1.43 bits per heavy atom. The third-order valence-corrected chi connectivity index (χ3v) is 7.38. The van der Waals surface area contributed by atoms with Crippen LogP contribution in [0.1, 0.15) is 11.1 Å². The summed E-state index contributed by atoms with van der Waals surface area (Å²) in [6, 6.07) is 19.3. The normalized spacial score (nSPS) is 22.9. The molecule has 0 saturated carbocycles. The summed E-state index contributed by atoms with van der Waals surface area (Å²) in [4.78, 5) is 41.9. The van der Waals surface area contributed by atoms with Crippen LogP contribution in [0.4, 0.5) is 5.69 Å². The van der Waals surface area contributed by atoms with Crippen LogP contribution in [0.15, 0.2) is 72.8 Å². The van der Waals surface area contributed by atoms with Crippen molar-refractivity contribution >= 4 is 58.3 Å². The molecule has 2 saturated heterocycles. The zero-order valence-corrected chi connectivity index (χ0v) is 20.6. The summed E-state index contributed by atoms with van der Waals surface area (Å²) in [5, 5.41) is 4.65. The predicted octanol–water partition coefficient (Wildman–Crippen LogP) is 4.84. The van der Waals surface area contributed by atoms with E-state index in [0.717, 1.165) is 4.90 Å². The Morgan fingerprint density at radius 1 is 0.857 bits per heavy atom. The number of ether oxygens (including phenoxy) is 1. The number of carbonyl (C=O) groups is 3. The second-order valence-corrected chi connectivity index (χ2v) is 9.77. The van der Waals surface area contributed by atoms with Crippen LogP contribution in [-0.2, 0) is 24.7 Å². The smallest absolute Gasteiger partial charge is 0.323 e. The van der Waals surface area contributed by atoms with Crippen molar-refractivity contribution in [2.75, 3.05) is 12.0 Å². The van der Waals surface area contributed by atoms with Gasteiger partial charge in [0.1, 0.15) is 6.04 Å². The maximum absolute atomic E-state index is 14.1. The molecule has 2 amide bonds. The first-order valence-corrected chi connectivity index (χ1v) is 11.9. The van der Waals surface area contributed by atoms with Gasteiger partial charge < -0.3 is 4.74 Å². The third kappa shape index (κ3) is 3.72. The highest BCUT2D eigenvalue weighted by atomic mass is 35.5. The molecular weight excluding hydrogens is 511 g/mol. The minimum Gasteiger partial charge on any atom is -0.468 e. The molecule has 2 aliphatic rings. The van der Waals surface area contributed by atoms with E-state index in [0.29, 0.717) is 31.9 Å². The van der Waals surface area contributed by atoms with E-state index in [1.807, 2.05) is 0 Å². The van der Waals surface area contributed by atoms with E-state index in [2.05, 4.69) is 5.32 Å². The summed E-state index contributed by atoms with van der Waals surface area (Å²) in [6.07, 6.45) is 0. The summed E-state index contributed by atoms with van der Waals surface area (Å²) in [5.74, 6) is -3.61. The Bertz CT molecular complexity index is 1300. The Balaban J connectivity index is 1.77. The highest BCUT2D eigenvalue weighted by molar-refractivity contribution is 6.31. The fourth-order valence-corrected chi connectivity index (χ4v) is 5.75. The van der Waals surface area contributed by atoms with Crippen molar-refractivity contribution < 1.29 is 19.1 Å². The van der Waals surface area contributed by atoms with Gasteiger partial charge in [0.05, 0.1) is 30.2 Å². The molecule has 5 rings (SSSR count). The number of halogens is 3. The van der Waals surface area contributed by atoms with Crippen LogP contribution in [0.5, 0.6) is 0 Å². The number of imide groups is 1. The van der Waals surface area contributed by atoms with Crippen LogP contribution in [0.3, 0.4) is 0 Å². The van der Waals surface area contributed by atoms with Gasteiger partial charge in [0, 0.05) is 15.1 Å². The summed E-state index contributed by atoms with van der Waals surface area (Å²) in [7, 11) is 1.25. The summed E-state index contributed by atoms with van der Waals surface area (Å²) < 4.78 is 5.04. The summed E-state index contributed by atoms with van der Waals surface area (Å²) in [5.41, 5.74) is 0.321. The van der Waals surface area contributed by atoms with Crippen molar-refractivity contribution in [3.05, 3.63) is 99.0 Å². The van der Waals surface area contributed by atoms with Crippen LogP contribution >= 0.6 is 34.8 Å². The molecular formula is C26H19Cl3N2O4.